The lowest BCUT2D eigenvalue weighted by Crippen LogP contribution is -2.47. The summed E-state index contributed by atoms with van der Waals surface area (Å²) in [5, 5.41) is 8.74. The molecule has 0 aromatic carbocycles. The number of carboxylic acid groups (broad SMARTS) is 1. The van der Waals surface area contributed by atoms with Crippen molar-refractivity contribution in [1.82, 2.24) is 9.80 Å². The van der Waals surface area contributed by atoms with Gasteiger partial charge in [0, 0.05) is 25.7 Å². The van der Waals surface area contributed by atoms with Gasteiger partial charge in [-0.1, -0.05) is 11.6 Å². The van der Waals surface area contributed by atoms with Gasteiger partial charge in [0.2, 0.25) is 0 Å². The second-order valence-corrected chi connectivity index (χ2v) is 5.11. The second-order valence-electron chi connectivity index (χ2n) is 5.11. The van der Waals surface area contributed by atoms with Crippen LogP contribution in [0.4, 0.5) is 4.79 Å². The molecule has 0 saturated heterocycles. The van der Waals surface area contributed by atoms with E-state index in [9.17, 15) is 9.59 Å². The van der Waals surface area contributed by atoms with E-state index >= 15 is 0 Å². The number of carboxylic acids is 1. The Labute approximate surface area is 107 Å². The zero-order chi connectivity index (χ0) is 13.1. The third kappa shape index (κ3) is 3.24. The summed E-state index contributed by atoms with van der Waals surface area (Å²) in [6, 6.07) is 0.272. The first kappa shape index (κ1) is 12.9. The topological polar surface area (TPSA) is 60.9 Å². The van der Waals surface area contributed by atoms with Gasteiger partial charge in [-0.05, 0) is 26.2 Å². The molecule has 1 N–H and O–H groups in total. The molecule has 0 aromatic rings. The number of rotatable bonds is 4. The van der Waals surface area contributed by atoms with Gasteiger partial charge in [-0.25, -0.2) is 4.79 Å². The molecule has 5 heteroatoms. The third-order valence-electron chi connectivity index (χ3n) is 3.40. The number of nitrogens with zero attached hydrogens (tertiary/aromatic N) is 2. The van der Waals surface area contributed by atoms with Crippen LogP contribution in [0.5, 0.6) is 0 Å². The summed E-state index contributed by atoms with van der Waals surface area (Å²) < 4.78 is 0. The Hall–Kier alpha value is -1.52. The summed E-state index contributed by atoms with van der Waals surface area (Å²) in [6.45, 7) is 3.78. The van der Waals surface area contributed by atoms with Gasteiger partial charge in [-0.15, -0.1) is 0 Å². The molecule has 0 unspecified atom stereocenters. The van der Waals surface area contributed by atoms with Gasteiger partial charge in [0.15, 0.2) is 0 Å². The summed E-state index contributed by atoms with van der Waals surface area (Å²) in [5.41, 5.74) is 1.21. The van der Waals surface area contributed by atoms with E-state index in [1.807, 2.05) is 11.8 Å². The van der Waals surface area contributed by atoms with Crippen molar-refractivity contribution < 1.29 is 14.7 Å². The number of amides is 2. The number of hydrogen-bond donors (Lipinski definition) is 1. The van der Waals surface area contributed by atoms with E-state index in [4.69, 9.17) is 5.11 Å². The highest BCUT2D eigenvalue weighted by Crippen LogP contribution is 2.28. The van der Waals surface area contributed by atoms with Crippen LogP contribution >= 0.6 is 0 Å². The van der Waals surface area contributed by atoms with E-state index < -0.39 is 5.97 Å². The van der Waals surface area contributed by atoms with E-state index in [1.165, 1.54) is 5.57 Å². The minimum Gasteiger partial charge on any atom is -0.481 e. The Morgan fingerprint density at radius 2 is 2.22 bits per heavy atom. The van der Waals surface area contributed by atoms with Crippen molar-refractivity contribution in [3.05, 3.63) is 11.6 Å². The molecule has 1 aliphatic heterocycles. The molecule has 2 amide bonds. The van der Waals surface area contributed by atoms with Crippen LogP contribution in [0.15, 0.2) is 11.6 Å². The fraction of sp³-hybridized carbons (Fsp3) is 0.692. The van der Waals surface area contributed by atoms with Gasteiger partial charge in [0.1, 0.15) is 0 Å². The maximum absolute atomic E-state index is 12.4. The standard InChI is InChI=1S/C13H20N2O3/c1-10-3-2-7-14(9-10)13(18)15(11-4-5-11)8-6-12(16)17/h3,11H,2,4-9H2,1H3,(H,16,17). The lowest BCUT2D eigenvalue weighted by molar-refractivity contribution is -0.137. The summed E-state index contributed by atoms with van der Waals surface area (Å²) in [4.78, 5) is 26.6. The van der Waals surface area contributed by atoms with Crippen molar-refractivity contribution in [2.75, 3.05) is 19.6 Å². The third-order valence-corrected chi connectivity index (χ3v) is 3.40. The lowest BCUT2D eigenvalue weighted by Gasteiger charge is -2.32. The molecule has 0 atom stereocenters. The molecular formula is C13H20N2O3. The second kappa shape index (κ2) is 5.42. The predicted octanol–water partition coefficient (Wildman–Crippen LogP) is 1.70. The average Bonchev–Trinajstić information content (AvgIpc) is 3.13. The van der Waals surface area contributed by atoms with Gasteiger partial charge in [0.05, 0.1) is 6.42 Å². The van der Waals surface area contributed by atoms with Crippen LogP contribution in [-0.2, 0) is 4.79 Å². The smallest absolute Gasteiger partial charge is 0.320 e. The molecule has 1 saturated carbocycles. The highest BCUT2D eigenvalue weighted by atomic mass is 16.4. The van der Waals surface area contributed by atoms with E-state index in [2.05, 4.69) is 6.08 Å². The molecule has 0 bridgehead atoms. The Morgan fingerprint density at radius 1 is 1.50 bits per heavy atom. The predicted molar refractivity (Wildman–Crippen MR) is 67.3 cm³/mol. The van der Waals surface area contributed by atoms with E-state index in [-0.39, 0.29) is 18.5 Å². The van der Waals surface area contributed by atoms with Gasteiger partial charge in [-0.3, -0.25) is 4.79 Å². The maximum Gasteiger partial charge on any atom is 0.320 e. The molecule has 2 aliphatic rings. The molecule has 0 aromatic heterocycles. The van der Waals surface area contributed by atoms with Gasteiger partial charge in [-0.2, -0.15) is 0 Å². The molecular weight excluding hydrogens is 232 g/mol. The number of aliphatic carboxylic acids is 1. The van der Waals surface area contributed by atoms with Crippen LogP contribution in [0.1, 0.15) is 32.6 Å². The van der Waals surface area contributed by atoms with E-state index in [1.54, 1.807) is 4.90 Å². The highest BCUT2D eigenvalue weighted by molar-refractivity contribution is 5.76. The van der Waals surface area contributed by atoms with Crippen LogP contribution in [-0.4, -0.2) is 52.6 Å². The van der Waals surface area contributed by atoms with Crippen LogP contribution in [0.3, 0.4) is 0 Å². The van der Waals surface area contributed by atoms with Crippen molar-refractivity contribution in [2.45, 2.75) is 38.6 Å². The maximum atomic E-state index is 12.4. The van der Waals surface area contributed by atoms with Crippen LogP contribution in [0, 0.1) is 0 Å². The van der Waals surface area contributed by atoms with Gasteiger partial charge in [0.25, 0.3) is 0 Å². The molecule has 0 radical (unpaired) electrons. The monoisotopic (exact) mass is 252 g/mol. The van der Waals surface area contributed by atoms with E-state index in [0.29, 0.717) is 13.1 Å². The molecule has 5 nitrogen and oxygen atoms in total. The van der Waals surface area contributed by atoms with E-state index in [0.717, 1.165) is 25.8 Å². The van der Waals surface area contributed by atoms with Crippen LogP contribution < -0.4 is 0 Å². The van der Waals surface area contributed by atoms with Crippen LogP contribution in [0.2, 0.25) is 0 Å². The molecule has 100 valence electrons. The Bertz CT molecular complexity index is 374. The molecule has 2 rings (SSSR count). The lowest BCUT2D eigenvalue weighted by atomic mass is 10.1. The Morgan fingerprint density at radius 3 is 2.78 bits per heavy atom. The number of carbonyl (C=O) groups excluding carboxylic acids is 1. The zero-order valence-corrected chi connectivity index (χ0v) is 10.8. The average molecular weight is 252 g/mol. The molecule has 0 spiro atoms. The number of urea groups is 1. The summed E-state index contributed by atoms with van der Waals surface area (Å²) in [5.74, 6) is -0.844. The van der Waals surface area contributed by atoms with Gasteiger partial charge >= 0.3 is 12.0 Å². The fourth-order valence-electron chi connectivity index (χ4n) is 2.29. The van der Waals surface area contributed by atoms with Crippen molar-refractivity contribution in [3.8, 4) is 0 Å². The van der Waals surface area contributed by atoms with Crippen molar-refractivity contribution in [2.24, 2.45) is 0 Å². The summed E-state index contributed by atoms with van der Waals surface area (Å²) in [7, 11) is 0. The Kier molecular flexibility index (Phi) is 3.89. The highest BCUT2D eigenvalue weighted by Gasteiger charge is 2.35. The number of carbonyl (C=O) groups is 2. The minimum absolute atomic E-state index is 0.00574. The summed E-state index contributed by atoms with van der Waals surface area (Å²) in [6.07, 6.45) is 5.10. The molecule has 18 heavy (non-hydrogen) atoms. The first-order chi connectivity index (χ1) is 8.58. The van der Waals surface area contributed by atoms with Crippen molar-refractivity contribution in [3.63, 3.8) is 0 Å². The quantitative estimate of drug-likeness (QED) is 0.775. The Balaban J connectivity index is 1.95. The largest absolute Gasteiger partial charge is 0.481 e. The molecule has 1 heterocycles. The number of hydrogen-bond acceptors (Lipinski definition) is 2. The normalized spacial score (nSPS) is 19.4. The van der Waals surface area contributed by atoms with Crippen molar-refractivity contribution >= 4 is 12.0 Å². The van der Waals surface area contributed by atoms with Crippen molar-refractivity contribution in [1.29, 1.82) is 0 Å². The first-order valence-corrected chi connectivity index (χ1v) is 6.51. The SMILES string of the molecule is CC1=CCCN(C(=O)N(CCC(=O)O)C2CC2)C1. The first-order valence-electron chi connectivity index (χ1n) is 6.51. The fourth-order valence-corrected chi connectivity index (χ4v) is 2.29. The summed E-state index contributed by atoms with van der Waals surface area (Å²) >= 11 is 0. The molecule has 1 fully saturated rings. The zero-order valence-electron chi connectivity index (χ0n) is 10.8. The molecule has 1 aliphatic carbocycles. The van der Waals surface area contributed by atoms with Crippen LogP contribution in [0.25, 0.3) is 0 Å². The minimum atomic E-state index is -0.844. The van der Waals surface area contributed by atoms with Gasteiger partial charge < -0.3 is 14.9 Å².